The number of carbonyl (C=O) groups excluding carboxylic acids is 3. The van der Waals surface area contributed by atoms with E-state index in [1.165, 1.54) is 24.3 Å². The van der Waals surface area contributed by atoms with E-state index in [0.29, 0.717) is 23.1 Å². The maximum atomic E-state index is 12.5. The number of hydrogen-bond donors (Lipinski definition) is 0. The van der Waals surface area contributed by atoms with Crippen molar-refractivity contribution in [3.63, 3.8) is 0 Å². The zero-order chi connectivity index (χ0) is 19.7. The fourth-order valence-corrected chi connectivity index (χ4v) is 2.59. The second-order valence-electron chi connectivity index (χ2n) is 5.79. The van der Waals surface area contributed by atoms with E-state index in [9.17, 15) is 14.4 Å². The molecule has 0 unspecified atom stereocenters. The van der Waals surface area contributed by atoms with Gasteiger partial charge in [0, 0.05) is 36.0 Å². The van der Waals surface area contributed by atoms with Crippen molar-refractivity contribution in [3.8, 4) is 0 Å². The SMILES string of the molecule is C=CCC(=C)c1cc(C(=O)CC=C)c(C(=O)CC=C)cc1C(=O)CC=C. The summed E-state index contributed by atoms with van der Waals surface area (Å²) in [5, 5.41) is 0. The van der Waals surface area contributed by atoms with Crippen LogP contribution in [0.25, 0.3) is 5.57 Å². The lowest BCUT2D eigenvalue weighted by Gasteiger charge is -2.15. The Bertz CT molecular complexity index is 664. The Balaban J connectivity index is 3.73. The lowest BCUT2D eigenvalue weighted by atomic mass is 9.86. The van der Waals surface area contributed by atoms with Gasteiger partial charge in [-0.3, -0.25) is 14.4 Å². The Kier molecular flexibility index (Phi) is 8.10. The number of carbonyl (C=O) groups is 3. The van der Waals surface area contributed by atoms with Crippen molar-refractivity contribution >= 4 is 22.9 Å². The summed E-state index contributed by atoms with van der Waals surface area (Å²) in [6, 6.07) is 3.09. The molecule has 0 amide bonds. The lowest BCUT2D eigenvalue weighted by Crippen LogP contribution is -2.13. The third-order valence-electron chi connectivity index (χ3n) is 3.82. The van der Waals surface area contributed by atoms with E-state index in [1.54, 1.807) is 12.1 Å². The van der Waals surface area contributed by atoms with E-state index in [2.05, 4.69) is 32.9 Å². The standard InChI is InChI=1S/C23H24O3/c1-6-10-16(5)17-14-19(22(25)12-8-3)20(23(26)13-9-4)15-18(17)21(24)11-7-2/h6-9,14-15H,1-5,10-13H2. The van der Waals surface area contributed by atoms with E-state index >= 15 is 0 Å². The predicted octanol–water partition coefficient (Wildman–Crippen LogP) is 5.55. The van der Waals surface area contributed by atoms with Crippen LogP contribution in [-0.4, -0.2) is 17.3 Å². The van der Waals surface area contributed by atoms with Crippen LogP contribution in [0, 0.1) is 0 Å². The largest absolute Gasteiger partial charge is 0.294 e. The van der Waals surface area contributed by atoms with Crippen LogP contribution < -0.4 is 0 Å². The highest BCUT2D eigenvalue weighted by molar-refractivity contribution is 6.13. The monoisotopic (exact) mass is 348 g/mol. The number of benzene rings is 1. The zero-order valence-electron chi connectivity index (χ0n) is 15.1. The minimum Gasteiger partial charge on any atom is -0.294 e. The van der Waals surface area contributed by atoms with Crippen molar-refractivity contribution in [2.45, 2.75) is 25.7 Å². The molecule has 1 rings (SSSR count). The molecule has 3 heteroatoms. The molecule has 0 atom stereocenters. The van der Waals surface area contributed by atoms with Crippen LogP contribution in [-0.2, 0) is 0 Å². The molecule has 0 heterocycles. The summed E-state index contributed by atoms with van der Waals surface area (Å²) in [7, 11) is 0. The second kappa shape index (κ2) is 10.0. The molecule has 0 fully saturated rings. The summed E-state index contributed by atoms with van der Waals surface area (Å²) in [5.74, 6) is -0.681. The van der Waals surface area contributed by atoms with Crippen LogP contribution in [0.5, 0.6) is 0 Å². The van der Waals surface area contributed by atoms with Crippen molar-refractivity contribution < 1.29 is 14.4 Å². The molecule has 0 aliphatic heterocycles. The summed E-state index contributed by atoms with van der Waals surface area (Å²) >= 11 is 0. The highest BCUT2D eigenvalue weighted by atomic mass is 16.1. The van der Waals surface area contributed by atoms with Gasteiger partial charge in [0.15, 0.2) is 17.3 Å². The van der Waals surface area contributed by atoms with Crippen molar-refractivity contribution in [2.24, 2.45) is 0 Å². The fourth-order valence-electron chi connectivity index (χ4n) is 2.59. The van der Waals surface area contributed by atoms with Gasteiger partial charge in [-0.1, -0.05) is 30.9 Å². The van der Waals surface area contributed by atoms with Crippen LogP contribution in [0.4, 0.5) is 0 Å². The number of allylic oxidation sites excluding steroid dienone is 5. The highest BCUT2D eigenvalue weighted by Crippen LogP contribution is 2.28. The van der Waals surface area contributed by atoms with E-state index in [4.69, 9.17) is 0 Å². The first kappa shape index (κ1) is 21.0. The van der Waals surface area contributed by atoms with Gasteiger partial charge in [0.1, 0.15) is 0 Å². The maximum absolute atomic E-state index is 12.5. The molecule has 0 saturated heterocycles. The van der Waals surface area contributed by atoms with Crippen molar-refractivity contribution in [2.75, 3.05) is 0 Å². The van der Waals surface area contributed by atoms with Gasteiger partial charge < -0.3 is 0 Å². The van der Waals surface area contributed by atoms with Gasteiger partial charge in [-0.25, -0.2) is 0 Å². The lowest BCUT2D eigenvalue weighted by molar-refractivity contribution is 0.0961. The second-order valence-corrected chi connectivity index (χ2v) is 5.79. The van der Waals surface area contributed by atoms with Crippen molar-refractivity contribution in [1.29, 1.82) is 0 Å². The molecule has 0 saturated carbocycles. The molecule has 0 aliphatic rings. The van der Waals surface area contributed by atoms with Crippen LogP contribution in [0.1, 0.15) is 62.3 Å². The molecule has 1 aromatic rings. The van der Waals surface area contributed by atoms with Crippen LogP contribution in [0.2, 0.25) is 0 Å². The number of Topliss-reactive ketones (excluding diaryl/α,β-unsaturated/α-hetero) is 3. The average Bonchev–Trinajstić information content (AvgIpc) is 2.61. The third-order valence-corrected chi connectivity index (χ3v) is 3.82. The minimum absolute atomic E-state index is 0.0798. The summed E-state index contributed by atoms with van der Waals surface area (Å²) in [4.78, 5) is 37.6. The first-order valence-corrected chi connectivity index (χ1v) is 8.30. The molecule has 0 bridgehead atoms. The number of ketones is 3. The van der Waals surface area contributed by atoms with E-state index < -0.39 is 0 Å². The van der Waals surface area contributed by atoms with Gasteiger partial charge >= 0.3 is 0 Å². The van der Waals surface area contributed by atoms with Gasteiger partial charge in [0.05, 0.1) is 0 Å². The predicted molar refractivity (Wildman–Crippen MR) is 108 cm³/mol. The average molecular weight is 348 g/mol. The van der Waals surface area contributed by atoms with Crippen molar-refractivity contribution in [1.82, 2.24) is 0 Å². The molecule has 3 nitrogen and oxygen atoms in total. The van der Waals surface area contributed by atoms with Gasteiger partial charge in [0.25, 0.3) is 0 Å². The molecular formula is C23H24O3. The van der Waals surface area contributed by atoms with Crippen molar-refractivity contribution in [3.05, 3.63) is 91.6 Å². The van der Waals surface area contributed by atoms with Gasteiger partial charge in [-0.2, -0.15) is 0 Å². The molecule has 0 radical (unpaired) electrons. The smallest absolute Gasteiger partial charge is 0.167 e. The Morgan fingerprint density at radius 3 is 1.27 bits per heavy atom. The molecule has 1 aromatic carbocycles. The van der Waals surface area contributed by atoms with Gasteiger partial charge in [-0.05, 0) is 29.7 Å². The van der Waals surface area contributed by atoms with Crippen LogP contribution in [0.15, 0.2) is 69.3 Å². The first-order chi connectivity index (χ1) is 12.4. The fraction of sp³-hybridized carbons (Fsp3) is 0.174. The van der Waals surface area contributed by atoms with Crippen LogP contribution >= 0.6 is 0 Å². The third kappa shape index (κ3) is 4.96. The Labute approximate surface area is 155 Å². The summed E-state index contributed by atoms with van der Waals surface area (Å²) < 4.78 is 0. The Morgan fingerprint density at radius 2 is 0.923 bits per heavy atom. The number of rotatable bonds is 12. The first-order valence-electron chi connectivity index (χ1n) is 8.30. The Hall–Kier alpha value is -3.07. The summed E-state index contributed by atoms with van der Waals surface area (Å²) in [5.41, 5.74) is 2.06. The molecular weight excluding hydrogens is 324 g/mol. The van der Waals surface area contributed by atoms with E-state index in [1.807, 2.05) is 0 Å². The highest BCUT2D eigenvalue weighted by Gasteiger charge is 2.22. The zero-order valence-corrected chi connectivity index (χ0v) is 15.1. The normalized spacial score (nSPS) is 9.85. The van der Waals surface area contributed by atoms with Crippen LogP contribution in [0.3, 0.4) is 0 Å². The molecule has 0 spiro atoms. The molecule has 0 aromatic heterocycles. The maximum Gasteiger partial charge on any atom is 0.167 e. The van der Waals surface area contributed by atoms with Gasteiger partial charge in [-0.15, -0.1) is 26.3 Å². The molecule has 0 N–H and O–H groups in total. The molecule has 134 valence electrons. The topological polar surface area (TPSA) is 51.2 Å². The molecule has 26 heavy (non-hydrogen) atoms. The summed E-state index contributed by atoms with van der Waals surface area (Å²) in [6.07, 6.45) is 6.90. The van der Waals surface area contributed by atoms with E-state index in [-0.39, 0.29) is 47.7 Å². The summed E-state index contributed by atoms with van der Waals surface area (Å²) in [6.45, 7) is 18.4. The minimum atomic E-state index is -0.263. The van der Waals surface area contributed by atoms with E-state index in [0.717, 1.165) is 0 Å². The Morgan fingerprint density at radius 1 is 0.615 bits per heavy atom. The quantitative estimate of drug-likeness (QED) is 0.367. The van der Waals surface area contributed by atoms with Gasteiger partial charge in [0.2, 0.25) is 0 Å². The number of hydrogen-bond acceptors (Lipinski definition) is 3. The molecule has 0 aliphatic carbocycles.